The first kappa shape index (κ1) is 24.4. The summed E-state index contributed by atoms with van der Waals surface area (Å²) in [5.74, 6) is -2.03. The number of rotatable bonds is 7. The Balaban J connectivity index is 1.47. The van der Waals surface area contributed by atoms with Gasteiger partial charge in [-0.15, -0.1) is 0 Å². The molecule has 0 aliphatic carbocycles. The van der Waals surface area contributed by atoms with Crippen LogP contribution in [0.4, 0.5) is 5.69 Å². The van der Waals surface area contributed by atoms with E-state index in [0.29, 0.717) is 28.0 Å². The van der Waals surface area contributed by atoms with E-state index in [1.54, 1.807) is 48.5 Å². The number of nitrogens with one attached hydrogen (secondary N) is 2. The van der Waals surface area contributed by atoms with Gasteiger partial charge in [-0.1, -0.05) is 61.7 Å². The number of aryl methyl sites for hydroxylation is 1. The fourth-order valence-corrected chi connectivity index (χ4v) is 4.37. The lowest BCUT2D eigenvalue weighted by atomic mass is 10.1. The van der Waals surface area contributed by atoms with E-state index in [-0.39, 0.29) is 30.1 Å². The molecule has 1 unspecified atom stereocenters. The second-order valence-corrected chi connectivity index (χ2v) is 8.84. The van der Waals surface area contributed by atoms with Crippen molar-refractivity contribution in [3.8, 4) is 0 Å². The maximum atomic E-state index is 13.0. The lowest BCUT2D eigenvalue weighted by Gasteiger charge is -2.18. The van der Waals surface area contributed by atoms with Crippen molar-refractivity contribution in [3.05, 3.63) is 69.6 Å². The highest BCUT2D eigenvalue weighted by Gasteiger charge is 2.36. The van der Waals surface area contributed by atoms with E-state index in [1.165, 1.54) is 9.58 Å². The Hall–Kier alpha value is -3.72. The van der Waals surface area contributed by atoms with E-state index in [0.717, 1.165) is 19.3 Å². The summed E-state index contributed by atoms with van der Waals surface area (Å²) in [6.07, 6.45) is 2.68. The van der Waals surface area contributed by atoms with Crippen molar-refractivity contribution in [2.75, 3.05) is 11.4 Å². The van der Waals surface area contributed by atoms with Gasteiger partial charge < -0.3 is 4.90 Å². The van der Waals surface area contributed by atoms with Gasteiger partial charge in [0.1, 0.15) is 0 Å². The molecule has 9 nitrogen and oxygen atoms in total. The highest BCUT2D eigenvalue weighted by molar-refractivity contribution is 6.33. The number of hydrogen-bond donors (Lipinski definition) is 2. The average molecular weight is 496 g/mol. The van der Waals surface area contributed by atoms with Gasteiger partial charge in [0, 0.05) is 24.9 Å². The van der Waals surface area contributed by atoms with Crippen molar-refractivity contribution >= 4 is 45.8 Å². The molecule has 1 aliphatic rings. The summed E-state index contributed by atoms with van der Waals surface area (Å²) in [7, 11) is 0. The molecule has 4 rings (SSSR count). The number of fused-ring (bicyclic) bond motifs is 1. The fraction of sp³-hybridized carbons (Fsp3) is 0.320. The standard InChI is InChI=1S/C25H26ClN5O4/c1-2-3-8-13-31-25(35)18-10-5-4-9-17(18)22(29-31)24(34)28-27-23(33)16-14-21(32)30(15-16)20-12-7-6-11-19(20)26/h4-7,9-12,16H,2-3,8,13-15H2,1H3,(H,27,33)(H,28,34). The lowest BCUT2D eigenvalue weighted by molar-refractivity contribution is -0.126. The predicted molar refractivity (Wildman–Crippen MR) is 133 cm³/mol. The van der Waals surface area contributed by atoms with Crippen LogP contribution in [0.15, 0.2) is 53.3 Å². The second kappa shape index (κ2) is 10.7. The number of hydrogen-bond acceptors (Lipinski definition) is 5. The molecule has 10 heteroatoms. The molecule has 0 radical (unpaired) electrons. The van der Waals surface area contributed by atoms with E-state index in [1.807, 2.05) is 0 Å². The number of carbonyl (C=O) groups excluding carboxylic acids is 3. The fourth-order valence-electron chi connectivity index (χ4n) is 4.13. The van der Waals surface area contributed by atoms with E-state index in [4.69, 9.17) is 11.6 Å². The topological polar surface area (TPSA) is 113 Å². The van der Waals surface area contributed by atoms with Crippen LogP contribution in [0.3, 0.4) is 0 Å². The summed E-state index contributed by atoms with van der Waals surface area (Å²) >= 11 is 6.20. The third kappa shape index (κ3) is 5.19. The minimum atomic E-state index is -0.660. The molecule has 1 saturated heterocycles. The quantitative estimate of drug-likeness (QED) is 0.386. The monoisotopic (exact) mass is 495 g/mol. The summed E-state index contributed by atoms with van der Waals surface area (Å²) in [4.78, 5) is 52.4. The predicted octanol–water partition coefficient (Wildman–Crippen LogP) is 3.05. The van der Waals surface area contributed by atoms with Crippen LogP contribution in [-0.4, -0.2) is 34.0 Å². The maximum Gasteiger partial charge on any atom is 0.290 e. The second-order valence-electron chi connectivity index (χ2n) is 8.43. The zero-order valence-electron chi connectivity index (χ0n) is 19.3. The van der Waals surface area contributed by atoms with Crippen LogP contribution in [0.2, 0.25) is 5.02 Å². The zero-order chi connectivity index (χ0) is 24.9. The number of carbonyl (C=O) groups is 3. The molecule has 2 N–H and O–H groups in total. The number of benzene rings is 2. The summed E-state index contributed by atoms with van der Waals surface area (Å²) in [6.45, 7) is 2.60. The molecule has 1 fully saturated rings. The molecule has 2 heterocycles. The molecule has 35 heavy (non-hydrogen) atoms. The summed E-state index contributed by atoms with van der Waals surface area (Å²) in [6, 6.07) is 13.7. The number of nitrogens with zero attached hydrogens (tertiary/aromatic N) is 3. The molecular weight excluding hydrogens is 470 g/mol. The number of amides is 3. The molecule has 1 aromatic heterocycles. The molecule has 0 spiro atoms. The minimum absolute atomic E-state index is 0.00356. The first-order chi connectivity index (χ1) is 16.9. The van der Waals surface area contributed by atoms with Gasteiger partial charge in [0.25, 0.3) is 11.5 Å². The Bertz CT molecular complexity index is 1340. The van der Waals surface area contributed by atoms with Crippen molar-refractivity contribution < 1.29 is 14.4 Å². The summed E-state index contributed by atoms with van der Waals surface area (Å²) in [5.41, 5.74) is 5.11. The SMILES string of the molecule is CCCCCn1nc(C(=O)NNC(=O)C2CC(=O)N(c3ccccc3Cl)C2)c2ccccc2c1=O. The number of aromatic nitrogens is 2. The molecule has 1 aliphatic heterocycles. The van der Waals surface area contributed by atoms with Crippen molar-refractivity contribution in [2.24, 2.45) is 5.92 Å². The molecule has 0 saturated carbocycles. The number of anilines is 1. The average Bonchev–Trinajstić information content (AvgIpc) is 3.25. The van der Waals surface area contributed by atoms with Crippen molar-refractivity contribution in [1.82, 2.24) is 20.6 Å². The van der Waals surface area contributed by atoms with Crippen molar-refractivity contribution in [1.29, 1.82) is 0 Å². The van der Waals surface area contributed by atoms with Crippen LogP contribution in [-0.2, 0) is 16.1 Å². The van der Waals surface area contributed by atoms with Gasteiger partial charge in [0.2, 0.25) is 11.8 Å². The van der Waals surface area contributed by atoms with Gasteiger partial charge in [-0.3, -0.25) is 30.0 Å². The molecule has 1 atom stereocenters. The number of unbranched alkanes of at least 4 members (excludes halogenated alkanes) is 2. The van der Waals surface area contributed by atoms with Crippen LogP contribution in [0.25, 0.3) is 10.8 Å². The van der Waals surface area contributed by atoms with Crippen LogP contribution >= 0.6 is 11.6 Å². The Morgan fingerprint density at radius 3 is 2.49 bits per heavy atom. The first-order valence-corrected chi connectivity index (χ1v) is 11.9. The molecule has 3 aromatic rings. The van der Waals surface area contributed by atoms with Crippen molar-refractivity contribution in [2.45, 2.75) is 39.2 Å². The number of hydrazine groups is 1. The Labute approximate surface area is 207 Å². The van der Waals surface area contributed by atoms with E-state index < -0.39 is 17.7 Å². The van der Waals surface area contributed by atoms with Gasteiger partial charge in [0.05, 0.1) is 22.0 Å². The summed E-state index contributed by atoms with van der Waals surface area (Å²) < 4.78 is 1.30. The molecule has 0 bridgehead atoms. The van der Waals surface area contributed by atoms with Gasteiger partial charge in [-0.2, -0.15) is 5.10 Å². The third-order valence-electron chi connectivity index (χ3n) is 5.99. The molecule has 2 aromatic carbocycles. The summed E-state index contributed by atoms with van der Waals surface area (Å²) in [5, 5.41) is 5.49. The number of halogens is 1. The minimum Gasteiger partial charge on any atom is -0.310 e. The van der Waals surface area contributed by atoms with Gasteiger partial charge in [-0.25, -0.2) is 4.68 Å². The molecule has 3 amide bonds. The highest BCUT2D eigenvalue weighted by Crippen LogP contribution is 2.31. The number of para-hydroxylation sites is 1. The van der Waals surface area contributed by atoms with Gasteiger partial charge >= 0.3 is 0 Å². The van der Waals surface area contributed by atoms with Crippen molar-refractivity contribution in [3.63, 3.8) is 0 Å². The normalized spacial score (nSPS) is 15.4. The van der Waals surface area contributed by atoms with Gasteiger partial charge in [0.15, 0.2) is 5.69 Å². The molecular formula is C25H26ClN5O4. The van der Waals surface area contributed by atoms with E-state index >= 15 is 0 Å². The van der Waals surface area contributed by atoms with Crippen LogP contribution in [0.5, 0.6) is 0 Å². The Morgan fingerprint density at radius 2 is 1.74 bits per heavy atom. The van der Waals surface area contributed by atoms with E-state index in [9.17, 15) is 19.2 Å². The van der Waals surface area contributed by atoms with Crippen LogP contribution in [0, 0.1) is 5.92 Å². The third-order valence-corrected chi connectivity index (χ3v) is 6.31. The largest absolute Gasteiger partial charge is 0.310 e. The lowest BCUT2D eigenvalue weighted by Crippen LogP contribution is -2.46. The Kier molecular flexibility index (Phi) is 7.45. The zero-order valence-corrected chi connectivity index (χ0v) is 20.0. The van der Waals surface area contributed by atoms with Crippen LogP contribution < -0.4 is 21.3 Å². The van der Waals surface area contributed by atoms with Gasteiger partial charge in [-0.05, 0) is 24.6 Å². The smallest absolute Gasteiger partial charge is 0.290 e. The highest BCUT2D eigenvalue weighted by atomic mass is 35.5. The molecule has 182 valence electrons. The Morgan fingerprint density at radius 1 is 1.03 bits per heavy atom. The van der Waals surface area contributed by atoms with Crippen LogP contribution in [0.1, 0.15) is 43.1 Å². The van der Waals surface area contributed by atoms with E-state index in [2.05, 4.69) is 22.9 Å². The first-order valence-electron chi connectivity index (χ1n) is 11.6. The maximum absolute atomic E-state index is 13.0.